The van der Waals surface area contributed by atoms with Gasteiger partial charge >= 0.3 is 0 Å². The third kappa shape index (κ3) is 7.91. The van der Waals surface area contributed by atoms with Gasteiger partial charge in [-0.25, -0.2) is 0 Å². The van der Waals surface area contributed by atoms with E-state index in [-0.39, 0.29) is 24.4 Å². The maximum Gasteiger partial charge on any atom is 0.247 e. The number of amides is 2. The number of carbonyl (C=O) groups excluding carboxylic acids is 2. The van der Waals surface area contributed by atoms with Crippen LogP contribution in [0.4, 0.5) is 0 Å². The Morgan fingerprint density at radius 1 is 0.923 bits per heavy atom. The monoisotopic (exact) mass is 526 g/mol. The minimum Gasteiger partial charge on any atom is -0.379 e. The second kappa shape index (κ2) is 13.4. The molecule has 39 heavy (non-hydrogen) atoms. The molecule has 1 saturated heterocycles. The molecule has 0 unspecified atom stereocenters. The highest BCUT2D eigenvalue weighted by Gasteiger charge is 2.34. The molecule has 3 aromatic rings. The molecule has 7 nitrogen and oxygen atoms in total. The Morgan fingerprint density at radius 3 is 2.36 bits per heavy atom. The van der Waals surface area contributed by atoms with Gasteiger partial charge in [0.1, 0.15) is 6.54 Å². The van der Waals surface area contributed by atoms with Crippen molar-refractivity contribution in [2.24, 2.45) is 0 Å². The Morgan fingerprint density at radius 2 is 1.64 bits per heavy atom. The second-order valence-corrected chi connectivity index (χ2v) is 10.3. The lowest BCUT2D eigenvalue weighted by Crippen LogP contribution is -2.47. The van der Waals surface area contributed by atoms with Gasteiger partial charge in [-0.05, 0) is 42.2 Å². The van der Waals surface area contributed by atoms with Gasteiger partial charge in [0.2, 0.25) is 11.8 Å². The lowest BCUT2D eigenvalue weighted by molar-refractivity contribution is -0.139. The van der Waals surface area contributed by atoms with E-state index in [0.717, 1.165) is 50.3 Å². The van der Waals surface area contributed by atoms with Crippen LogP contribution in [0.25, 0.3) is 6.08 Å². The Balaban J connectivity index is 1.27. The molecule has 5 rings (SSSR count). The molecule has 0 radical (unpaired) electrons. The van der Waals surface area contributed by atoms with Crippen molar-refractivity contribution in [2.45, 2.75) is 32.0 Å². The molecule has 0 bridgehead atoms. The molecule has 204 valence electrons. The van der Waals surface area contributed by atoms with Gasteiger partial charge in [0, 0.05) is 56.7 Å². The van der Waals surface area contributed by atoms with Crippen molar-refractivity contribution in [1.29, 1.82) is 0 Å². The Kier molecular flexibility index (Phi) is 9.25. The Labute approximate surface area is 231 Å². The zero-order valence-electron chi connectivity index (χ0n) is 22.5. The number of aromatic nitrogens is 1. The van der Waals surface area contributed by atoms with E-state index in [4.69, 9.17) is 4.74 Å². The van der Waals surface area contributed by atoms with Gasteiger partial charge in [-0.2, -0.15) is 0 Å². The molecule has 1 aliphatic heterocycles. The van der Waals surface area contributed by atoms with Crippen molar-refractivity contribution in [3.8, 4) is 0 Å². The number of hydrogen-bond acceptors (Lipinski definition) is 4. The van der Waals surface area contributed by atoms with E-state index in [1.807, 2.05) is 65.6 Å². The summed E-state index contributed by atoms with van der Waals surface area (Å²) in [6.45, 7) is 5.75. The Bertz CT molecular complexity index is 1230. The maximum atomic E-state index is 13.7. The van der Waals surface area contributed by atoms with Crippen LogP contribution >= 0.6 is 0 Å². The highest BCUT2D eigenvalue weighted by molar-refractivity contribution is 5.94. The molecule has 1 aromatic heterocycles. The first-order chi connectivity index (χ1) is 19.2. The molecular formula is C32H38N4O3. The van der Waals surface area contributed by atoms with Crippen LogP contribution in [0.1, 0.15) is 29.7 Å². The molecule has 1 aliphatic carbocycles. The Hall–Kier alpha value is -3.68. The first-order valence-electron chi connectivity index (χ1n) is 14.0. The topological polar surface area (TPSA) is 58.0 Å². The van der Waals surface area contributed by atoms with Gasteiger partial charge in [-0.1, -0.05) is 60.7 Å². The largest absolute Gasteiger partial charge is 0.379 e. The summed E-state index contributed by atoms with van der Waals surface area (Å²) >= 11 is 0. The predicted molar refractivity (Wildman–Crippen MR) is 153 cm³/mol. The SMILES string of the molecule is O=C(C=Cc1ccccc1)N(CCN1CCOCC1)CC(=O)N(Cc1cccn1Cc1ccccc1)C1CC1. The highest BCUT2D eigenvalue weighted by atomic mass is 16.5. The molecular weight excluding hydrogens is 488 g/mol. The van der Waals surface area contributed by atoms with Crippen molar-refractivity contribution in [1.82, 2.24) is 19.3 Å². The van der Waals surface area contributed by atoms with E-state index in [2.05, 4.69) is 33.9 Å². The second-order valence-electron chi connectivity index (χ2n) is 10.3. The van der Waals surface area contributed by atoms with Gasteiger partial charge in [-0.3, -0.25) is 14.5 Å². The van der Waals surface area contributed by atoms with Crippen LogP contribution in [0.5, 0.6) is 0 Å². The van der Waals surface area contributed by atoms with E-state index in [9.17, 15) is 9.59 Å². The molecule has 2 amide bonds. The molecule has 0 spiro atoms. The summed E-state index contributed by atoms with van der Waals surface area (Å²) in [6.07, 6.45) is 7.52. The molecule has 2 aliphatic rings. The number of morpholine rings is 1. The van der Waals surface area contributed by atoms with Crippen LogP contribution in [0.2, 0.25) is 0 Å². The molecule has 2 heterocycles. The summed E-state index contributed by atoms with van der Waals surface area (Å²) in [6, 6.07) is 24.5. The van der Waals surface area contributed by atoms with Crippen LogP contribution < -0.4 is 0 Å². The molecule has 2 aromatic carbocycles. The lowest BCUT2D eigenvalue weighted by Gasteiger charge is -2.31. The van der Waals surface area contributed by atoms with E-state index in [1.54, 1.807) is 11.0 Å². The maximum absolute atomic E-state index is 13.7. The molecule has 7 heteroatoms. The predicted octanol–water partition coefficient (Wildman–Crippen LogP) is 3.90. The number of benzene rings is 2. The van der Waals surface area contributed by atoms with Crippen LogP contribution in [0, 0.1) is 0 Å². The molecule has 0 N–H and O–H groups in total. The van der Waals surface area contributed by atoms with Crippen molar-refractivity contribution in [2.75, 3.05) is 45.9 Å². The van der Waals surface area contributed by atoms with Gasteiger partial charge in [-0.15, -0.1) is 0 Å². The van der Waals surface area contributed by atoms with E-state index < -0.39 is 0 Å². The third-order valence-corrected chi connectivity index (χ3v) is 7.41. The number of rotatable bonds is 12. The summed E-state index contributed by atoms with van der Waals surface area (Å²) in [4.78, 5) is 33.0. The van der Waals surface area contributed by atoms with Crippen LogP contribution in [-0.4, -0.2) is 83.1 Å². The van der Waals surface area contributed by atoms with Crippen molar-refractivity contribution in [3.05, 3.63) is 102 Å². The normalized spacial score (nSPS) is 15.9. The third-order valence-electron chi connectivity index (χ3n) is 7.41. The number of nitrogens with zero attached hydrogens (tertiary/aromatic N) is 4. The first-order valence-corrected chi connectivity index (χ1v) is 14.0. The molecule has 2 fully saturated rings. The molecule has 0 atom stereocenters. The minimum absolute atomic E-state index is 0.00778. The fourth-order valence-electron chi connectivity index (χ4n) is 4.95. The van der Waals surface area contributed by atoms with Crippen molar-refractivity contribution in [3.63, 3.8) is 0 Å². The fourth-order valence-corrected chi connectivity index (χ4v) is 4.95. The molecule has 1 saturated carbocycles. The summed E-state index contributed by atoms with van der Waals surface area (Å²) in [7, 11) is 0. The van der Waals surface area contributed by atoms with Crippen molar-refractivity contribution < 1.29 is 14.3 Å². The first kappa shape index (κ1) is 26.9. The van der Waals surface area contributed by atoms with Gasteiger partial charge < -0.3 is 19.1 Å². The number of ether oxygens (including phenoxy) is 1. The van der Waals surface area contributed by atoms with Gasteiger partial charge in [0.15, 0.2) is 0 Å². The average molecular weight is 527 g/mol. The number of hydrogen-bond donors (Lipinski definition) is 0. The van der Waals surface area contributed by atoms with Crippen LogP contribution in [0.3, 0.4) is 0 Å². The minimum atomic E-state index is -0.135. The fraction of sp³-hybridized carbons (Fsp3) is 0.375. The van der Waals surface area contributed by atoms with E-state index in [1.165, 1.54) is 5.56 Å². The standard InChI is InChI=1S/C32H38N4O3/c37-31(16-13-27-8-3-1-4-9-27)35(19-18-33-20-22-39-23-21-33)26-32(38)36(29-14-15-29)25-30-12-7-17-34(30)24-28-10-5-2-6-11-28/h1-13,16-17,29H,14-15,18-26H2. The summed E-state index contributed by atoms with van der Waals surface area (Å²) in [5.74, 6) is -0.128. The smallest absolute Gasteiger partial charge is 0.247 e. The summed E-state index contributed by atoms with van der Waals surface area (Å²) in [5, 5.41) is 0. The number of carbonyl (C=O) groups is 2. The summed E-state index contributed by atoms with van der Waals surface area (Å²) < 4.78 is 7.68. The lowest BCUT2D eigenvalue weighted by atomic mass is 10.2. The quantitative estimate of drug-likeness (QED) is 0.336. The zero-order valence-corrected chi connectivity index (χ0v) is 22.5. The van der Waals surface area contributed by atoms with Crippen molar-refractivity contribution >= 4 is 17.9 Å². The summed E-state index contributed by atoms with van der Waals surface area (Å²) in [5.41, 5.74) is 3.29. The van der Waals surface area contributed by atoms with Gasteiger partial charge in [0.25, 0.3) is 0 Å². The van der Waals surface area contributed by atoms with E-state index >= 15 is 0 Å². The van der Waals surface area contributed by atoms with E-state index in [0.29, 0.717) is 26.3 Å². The van der Waals surface area contributed by atoms with Crippen LogP contribution in [-0.2, 0) is 27.4 Å². The highest BCUT2D eigenvalue weighted by Crippen LogP contribution is 2.29. The van der Waals surface area contributed by atoms with Crippen LogP contribution in [0.15, 0.2) is 85.1 Å². The average Bonchev–Trinajstić information content (AvgIpc) is 3.73. The zero-order chi connectivity index (χ0) is 26.9. The van der Waals surface area contributed by atoms with Gasteiger partial charge in [0.05, 0.1) is 19.8 Å².